The molecule has 6 heteroatoms. The third-order valence-electron chi connectivity index (χ3n) is 4.03. The number of amides is 1. The van der Waals surface area contributed by atoms with Crippen LogP contribution >= 0.6 is 11.3 Å². The van der Waals surface area contributed by atoms with E-state index in [4.69, 9.17) is 9.47 Å². The van der Waals surface area contributed by atoms with Gasteiger partial charge in [-0.05, 0) is 25.5 Å². The van der Waals surface area contributed by atoms with Crippen molar-refractivity contribution < 1.29 is 14.3 Å². The van der Waals surface area contributed by atoms with Gasteiger partial charge in [0, 0.05) is 25.6 Å². The van der Waals surface area contributed by atoms with Crippen molar-refractivity contribution in [1.82, 2.24) is 9.88 Å². The lowest BCUT2D eigenvalue weighted by Crippen LogP contribution is -2.37. The molecule has 0 N–H and O–H groups in total. The third kappa shape index (κ3) is 4.28. The van der Waals surface area contributed by atoms with Gasteiger partial charge in [-0.1, -0.05) is 12.1 Å². The largest absolute Gasteiger partial charge is 0.381 e. The second kappa shape index (κ2) is 7.86. The Balaban J connectivity index is 1.47. The van der Waals surface area contributed by atoms with E-state index in [1.54, 1.807) is 11.3 Å². The number of fused-ring (bicyclic) bond motifs is 1. The number of benzene rings is 1. The predicted molar refractivity (Wildman–Crippen MR) is 90.5 cm³/mol. The van der Waals surface area contributed by atoms with E-state index in [1.165, 1.54) is 0 Å². The number of hydrogen-bond donors (Lipinski definition) is 0. The number of nitrogens with zero attached hydrogens (tertiary/aromatic N) is 2. The Kier molecular flexibility index (Phi) is 5.59. The Hall–Kier alpha value is -1.50. The van der Waals surface area contributed by atoms with E-state index in [2.05, 4.69) is 4.98 Å². The average molecular weight is 334 g/mol. The zero-order valence-corrected chi connectivity index (χ0v) is 14.2. The molecule has 2 heterocycles. The maximum absolute atomic E-state index is 12.3. The van der Waals surface area contributed by atoms with Gasteiger partial charge >= 0.3 is 0 Å². The lowest BCUT2D eigenvalue weighted by molar-refractivity contribution is -0.137. The van der Waals surface area contributed by atoms with Crippen LogP contribution in [0.15, 0.2) is 24.3 Å². The van der Waals surface area contributed by atoms with Crippen LogP contribution in [0, 0.1) is 5.92 Å². The summed E-state index contributed by atoms with van der Waals surface area (Å²) in [6.45, 7) is 5.54. The average Bonchev–Trinajstić information content (AvgIpc) is 3.21. The van der Waals surface area contributed by atoms with Gasteiger partial charge in [-0.15, -0.1) is 11.3 Å². The molecule has 2 aromatic rings. The molecule has 1 atom stereocenters. The molecule has 23 heavy (non-hydrogen) atoms. The first-order chi connectivity index (χ1) is 11.3. The fourth-order valence-corrected chi connectivity index (χ4v) is 3.65. The van der Waals surface area contributed by atoms with Crippen molar-refractivity contribution in [1.29, 1.82) is 0 Å². The molecule has 124 valence electrons. The summed E-state index contributed by atoms with van der Waals surface area (Å²) in [7, 11) is 0. The molecule has 1 aromatic carbocycles. The van der Waals surface area contributed by atoms with Gasteiger partial charge in [0.25, 0.3) is 0 Å². The molecule has 0 unspecified atom stereocenters. The zero-order valence-electron chi connectivity index (χ0n) is 13.4. The van der Waals surface area contributed by atoms with Crippen LogP contribution < -0.4 is 0 Å². The number of ether oxygens (including phenoxy) is 2. The standard InChI is InChI=1S/C17H22N2O3S/c1-2-19(9-13-7-8-21-10-13)17(20)12-22-11-16-18-14-5-3-4-6-15(14)23-16/h3-6,13H,2,7-12H2,1H3/t13-/m1/s1. The van der Waals surface area contributed by atoms with Gasteiger partial charge in [0.15, 0.2) is 0 Å². The summed E-state index contributed by atoms with van der Waals surface area (Å²) < 4.78 is 12.1. The molecule has 1 aliphatic heterocycles. The second-order valence-electron chi connectivity index (χ2n) is 5.73. The summed E-state index contributed by atoms with van der Waals surface area (Å²) in [6, 6.07) is 8.01. The van der Waals surface area contributed by atoms with Crippen molar-refractivity contribution in [2.45, 2.75) is 20.0 Å². The number of thiazole rings is 1. The van der Waals surface area contributed by atoms with E-state index in [-0.39, 0.29) is 12.5 Å². The maximum Gasteiger partial charge on any atom is 0.248 e. The van der Waals surface area contributed by atoms with E-state index in [0.717, 1.165) is 41.4 Å². The van der Waals surface area contributed by atoms with Gasteiger partial charge in [0.1, 0.15) is 11.6 Å². The topological polar surface area (TPSA) is 51.7 Å². The van der Waals surface area contributed by atoms with Crippen LogP contribution in [0.1, 0.15) is 18.4 Å². The van der Waals surface area contributed by atoms with Gasteiger partial charge in [-0.25, -0.2) is 4.98 Å². The summed E-state index contributed by atoms with van der Waals surface area (Å²) in [6.07, 6.45) is 1.04. The van der Waals surface area contributed by atoms with E-state index < -0.39 is 0 Å². The van der Waals surface area contributed by atoms with E-state index in [9.17, 15) is 4.79 Å². The smallest absolute Gasteiger partial charge is 0.248 e. The highest BCUT2D eigenvalue weighted by Crippen LogP contribution is 2.22. The molecule has 1 amide bonds. The van der Waals surface area contributed by atoms with E-state index in [0.29, 0.717) is 19.1 Å². The lowest BCUT2D eigenvalue weighted by atomic mass is 10.1. The van der Waals surface area contributed by atoms with E-state index >= 15 is 0 Å². The molecule has 0 aliphatic carbocycles. The van der Waals surface area contributed by atoms with Crippen molar-refractivity contribution in [3.63, 3.8) is 0 Å². The van der Waals surface area contributed by atoms with Crippen molar-refractivity contribution in [3.05, 3.63) is 29.3 Å². The number of carbonyl (C=O) groups is 1. The summed E-state index contributed by atoms with van der Waals surface area (Å²) >= 11 is 1.61. The van der Waals surface area contributed by atoms with Gasteiger partial charge in [-0.3, -0.25) is 4.79 Å². The quantitative estimate of drug-likeness (QED) is 0.781. The Labute approximate surface area is 140 Å². The van der Waals surface area contributed by atoms with Gasteiger partial charge < -0.3 is 14.4 Å². The molecular weight excluding hydrogens is 312 g/mol. The van der Waals surface area contributed by atoms with Crippen LogP contribution in [0.3, 0.4) is 0 Å². The SMILES string of the molecule is CCN(C[C@H]1CCOC1)C(=O)COCc1nc2ccccc2s1. The Morgan fingerprint density at radius 1 is 1.48 bits per heavy atom. The number of aromatic nitrogens is 1. The number of carbonyl (C=O) groups excluding carboxylic acids is 1. The molecule has 1 aromatic heterocycles. The molecule has 0 bridgehead atoms. The molecule has 5 nitrogen and oxygen atoms in total. The van der Waals surface area contributed by atoms with Crippen molar-refractivity contribution in [2.24, 2.45) is 5.92 Å². The first-order valence-electron chi connectivity index (χ1n) is 8.04. The van der Waals surface area contributed by atoms with Crippen molar-refractivity contribution in [2.75, 3.05) is 32.9 Å². The monoisotopic (exact) mass is 334 g/mol. The fourth-order valence-electron chi connectivity index (χ4n) is 2.74. The van der Waals surface area contributed by atoms with Gasteiger partial charge in [0.2, 0.25) is 5.91 Å². The summed E-state index contributed by atoms with van der Waals surface area (Å²) in [5.74, 6) is 0.503. The number of likely N-dealkylation sites (N-methyl/N-ethyl adjacent to an activating group) is 1. The Bertz CT molecular complexity index is 619. The summed E-state index contributed by atoms with van der Waals surface area (Å²) in [4.78, 5) is 18.6. The van der Waals surface area contributed by atoms with Gasteiger partial charge in [-0.2, -0.15) is 0 Å². The fraction of sp³-hybridized carbons (Fsp3) is 0.529. The molecule has 1 aliphatic rings. The summed E-state index contributed by atoms with van der Waals surface area (Å²) in [5.41, 5.74) is 0.985. The summed E-state index contributed by atoms with van der Waals surface area (Å²) in [5, 5.41) is 0.909. The highest BCUT2D eigenvalue weighted by atomic mass is 32.1. The lowest BCUT2D eigenvalue weighted by Gasteiger charge is -2.23. The first kappa shape index (κ1) is 16.4. The highest BCUT2D eigenvalue weighted by Gasteiger charge is 2.21. The first-order valence-corrected chi connectivity index (χ1v) is 8.85. The normalized spacial score (nSPS) is 17.7. The molecule has 0 radical (unpaired) electrons. The maximum atomic E-state index is 12.3. The van der Waals surface area contributed by atoms with Crippen LogP contribution in [0.5, 0.6) is 0 Å². The molecule has 1 fully saturated rings. The third-order valence-corrected chi connectivity index (χ3v) is 5.04. The van der Waals surface area contributed by atoms with Crippen LogP contribution in [0.4, 0.5) is 0 Å². The zero-order chi connectivity index (χ0) is 16.1. The second-order valence-corrected chi connectivity index (χ2v) is 6.85. The minimum absolute atomic E-state index is 0.0421. The molecule has 1 saturated heterocycles. The Morgan fingerprint density at radius 3 is 3.09 bits per heavy atom. The molecule has 0 saturated carbocycles. The van der Waals surface area contributed by atoms with Crippen LogP contribution in [-0.2, 0) is 20.9 Å². The van der Waals surface area contributed by atoms with Crippen LogP contribution in [0.2, 0.25) is 0 Å². The predicted octanol–water partition coefficient (Wildman–Crippen LogP) is 2.70. The minimum atomic E-state index is 0.0421. The van der Waals surface area contributed by atoms with Crippen LogP contribution in [0.25, 0.3) is 10.2 Å². The number of para-hydroxylation sites is 1. The minimum Gasteiger partial charge on any atom is -0.381 e. The highest BCUT2D eigenvalue weighted by molar-refractivity contribution is 7.18. The molecular formula is C17H22N2O3S. The molecule has 3 rings (SSSR count). The Morgan fingerprint density at radius 2 is 2.35 bits per heavy atom. The number of hydrogen-bond acceptors (Lipinski definition) is 5. The van der Waals surface area contributed by atoms with Crippen LogP contribution in [-0.4, -0.2) is 48.7 Å². The van der Waals surface area contributed by atoms with E-state index in [1.807, 2.05) is 36.1 Å². The van der Waals surface area contributed by atoms with Crippen molar-refractivity contribution in [3.8, 4) is 0 Å². The van der Waals surface area contributed by atoms with Gasteiger partial charge in [0.05, 0.1) is 23.4 Å². The molecule has 0 spiro atoms. The van der Waals surface area contributed by atoms with Crippen molar-refractivity contribution >= 4 is 27.5 Å². The number of rotatable bonds is 7.